The fourth-order valence-corrected chi connectivity index (χ4v) is 4.66. The van der Waals surface area contributed by atoms with E-state index in [2.05, 4.69) is 10.4 Å². The van der Waals surface area contributed by atoms with E-state index in [0.29, 0.717) is 12.2 Å². The van der Waals surface area contributed by atoms with Crippen LogP contribution in [-0.2, 0) is 21.1 Å². The van der Waals surface area contributed by atoms with Crippen molar-refractivity contribution in [2.45, 2.75) is 25.8 Å². The lowest BCUT2D eigenvalue weighted by Crippen LogP contribution is -2.20. The van der Waals surface area contributed by atoms with Crippen molar-refractivity contribution < 1.29 is 17.9 Å². The van der Waals surface area contributed by atoms with Crippen LogP contribution in [-0.4, -0.2) is 42.7 Å². The van der Waals surface area contributed by atoms with Crippen molar-refractivity contribution in [3.63, 3.8) is 0 Å². The molecule has 1 N–H and O–H groups in total. The Labute approximate surface area is 146 Å². The topological polar surface area (TPSA) is 90.3 Å². The summed E-state index contributed by atoms with van der Waals surface area (Å²) in [5, 5.41) is 7.21. The normalized spacial score (nSPS) is 18.9. The molecule has 7 nitrogen and oxygen atoms in total. The van der Waals surface area contributed by atoms with Gasteiger partial charge >= 0.3 is 0 Å². The van der Waals surface area contributed by atoms with Crippen LogP contribution < -0.4 is 10.1 Å². The smallest absolute Gasteiger partial charge is 0.229 e. The third kappa shape index (κ3) is 4.19. The van der Waals surface area contributed by atoms with Gasteiger partial charge in [0.05, 0.1) is 36.8 Å². The zero-order valence-corrected chi connectivity index (χ0v) is 15.0. The first-order valence-electron chi connectivity index (χ1n) is 8.05. The highest BCUT2D eigenvalue weighted by molar-refractivity contribution is 7.91. The molecule has 2 aromatic rings. The molecule has 8 heteroatoms. The van der Waals surface area contributed by atoms with Crippen LogP contribution in [0.25, 0.3) is 0 Å². The quantitative estimate of drug-likeness (QED) is 0.874. The van der Waals surface area contributed by atoms with Crippen LogP contribution >= 0.6 is 0 Å². The van der Waals surface area contributed by atoms with Gasteiger partial charge in [0.15, 0.2) is 9.84 Å². The highest BCUT2D eigenvalue weighted by Gasteiger charge is 2.31. The lowest BCUT2D eigenvalue weighted by Gasteiger charge is -2.14. The maximum absolute atomic E-state index is 12.3. The molecule has 2 heterocycles. The molecule has 0 bridgehead atoms. The largest absolute Gasteiger partial charge is 0.497 e. The van der Waals surface area contributed by atoms with Gasteiger partial charge < -0.3 is 10.1 Å². The average molecular weight is 363 g/mol. The van der Waals surface area contributed by atoms with E-state index in [1.54, 1.807) is 30.0 Å². The SMILES string of the molecule is COc1ccc(CC(=O)Nc2cc(C)nn2[C@@H]2CCS(=O)(=O)C2)cc1. The molecule has 0 saturated carbocycles. The molecule has 1 aromatic heterocycles. The van der Waals surface area contributed by atoms with Crippen LogP contribution in [0.4, 0.5) is 5.82 Å². The molecule has 1 aliphatic heterocycles. The van der Waals surface area contributed by atoms with Crippen molar-refractivity contribution in [2.24, 2.45) is 0 Å². The maximum Gasteiger partial charge on any atom is 0.229 e. The summed E-state index contributed by atoms with van der Waals surface area (Å²) in [6.07, 6.45) is 0.738. The third-order valence-electron chi connectivity index (χ3n) is 4.20. The molecule has 25 heavy (non-hydrogen) atoms. The number of hydrogen-bond acceptors (Lipinski definition) is 5. The number of rotatable bonds is 5. The lowest BCUT2D eigenvalue weighted by molar-refractivity contribution is -0.115. The predicted molar refractivity (Wildman–Crippen MR) is 94.6 cm³/mol. The zero-order chi connectivity index (χ0) is 18.0. The molecule has 1 saturated heterocycles. The number of carbonyl (C=O) groups is 1. The van der Waals surface area contributed by atoms with E-state index >= 15 is 0 Å². The van der Waals surface area contributed by atoms with Gasteiger partial charge in [-0.25, -0.2) is 13.1 Å². The van der Waals surface area contributed by atoms with Gasteiger partial charge in [0.2, 0.25) is 5.91 Å². The molecular formula is C17H21N3O4S. The maximum atomic E-state index is 12.3. The molecule has 1 fully saturated rings. The van der Waals surface area contributed by atoms with Crippen LogP contribution in [0.5, 0.6) is 5.75 Å². The van der Waals surface area contributed by atoms with E-state index in [0.717, 1.165) is 17.0 Å². The van der Waals surface area contributed by atoms with Gasteiger partial charge in [-0.2, -0.15) is 5.10 Å². The van der Waals surface area contributed by atoms with Gasteiger partial charge in [-0.3, -0.25) is 4.79 Å². The second-order valence-corrected chi connectivity index (χ2v) is 8.47. The van der Waals surface area contributed by atoms with Crippen LogP contribution in [0, 0.1) is 6.92 Å². The number of anilines is 1. The Morgan fingerprint density at radius 2 is 2.08 bits per heavy atom. The Kier molecular flexibility index (Phi) is 4.80. The van der Waals surface area contributed by atoms with Crippen molar-refractivity contribution in [3.8, 4) is 5.75 Å². The Bertz CT molecular complexity index is 872. The van der Waals surface area contributed by atoms with Gasteiger partial charge in [-0.1, -0.05) is 12.1 Å². The molecular weight excluding hydrogens is 342 g/mol. The Balaban J connectivity index is 1.71. The Morgan fingerprint density at radius 1 is 1.36 bits per heavy atom. The van der Waals surface area contributed by atoms with Gasteiger partial charge in [0.25, 0.3) is 0 Å². The molecule has 1 amide bonds. The summed E-state index contributed by atoms with van der Waals surface area (Å²) >= 11 is 0. The average Bonchev–Trinajstić information content (AvgIpc) is 3.10. The minimum absolute atomic E-state index is 0.0650. The first kappa shape index (κ1) is 17.5. The van der Waals surface area contributed by atoms with E-state index in [-0.39, 0.29) is 29.9 Å². The van der Waals surface area contributed by atoms with Crippen LogP contribution in [0.1, 0.15) is 23.7 Å². The van der Waals surface area contributed by atoms with Crippen LogP contribution in [0.3, 0.4) is 0 Å². The zero-order valence-electron chi connectivity index (χ0n) is 14.2. The number of nitrogens with one attached hydrogen (secondary N) is 1. The van der Waals surface area contributed by atoms with Gasteiger partial charge in [-0.05, 0) is 31.0 Å². The number of benzene rings is 1. The van der Waals surface area contributed by atoms with Crippen LogP contribution in [0.15, 0.2) is 30.3 Å². The standard InChI is InChI=1S/C17H21N3O4S/c1-12-9-16(20(19-12)14-7-8-25(22,23)11-14)18-17(21)10-13-3-5-15(24-2)6-4-13/h3-6,9,14H,7-8,10-11H2,1-2H3,(H,18,21)/t14-/m1/s1. The summed E-state index contributed by atoms with van der Waals surface area (Å²) in [4.78, 5) is 12.3. The first-order chi connectivity index (χ1) is 11.9. The number of sulfone groups is 1. The van der Waals surface area contributed by atoms with Crippen LogP contribution in [0.2, 0.25) is 0 Å². The number of aromatic nitrogens is 2. The minimum Gasteiger partial charge on any atom is -0.497 e. The Hall–Kier alpha value is -2.35. The van der Waals surface area contributed by atoms with Gasteiger partial charge in [0.1, 0.15) is 11.6 Å². The third-order valence-corrected chi connectivity index (χ3v) is 5.95. The fourth-order valence-electron chi connectivity index (χ4n) is 2.97. The number of carbonyl (C=O) groups excluding carboxylic acids is 1. The molecule has 1 aromatic carbocycles. The van der Waals surface area contributed by atoms with Crippen molar-refractivity contribution in [1.29, 1.82) is 0 Å². The second-order valence-electron chi connectivity index (χ2n) is 6.25. The molecule has 0 unspecified atom stereocenters. The predicted octanol–water partition coefficient (Wildman–Crippen LogP) is 1.74. The molecule has 0 radical (unpaired) electrons. The van der Waals surface area contributed by atoms with E-state index in [4.69, 9.17) is 4.74 Å². The van der Waals surface area contributed by atoms with Crippen molar-refractivity contribution in [1.82, 2.24) is 9.78 Å². The highest BCUT2D eigenvalue weighted by Crippen LogP contribution is 2.27. The van der Waals surface area contributed by atoms with E-state index < -0.39 is 9.84 Å². The summed E-state index contributed by atoms with van der Waals surface area (Å²) in [5.41, 5.74) is 1.61. The number of ether oxygens (including phenoxy) is 1. The highest BCUT2D eigenvalue weighted by atomic mass is 32.2. The fraction of sp³-hybridized carbons (Fsp3) is 0.412. The summed E-state index contributed by atoms with van der Waals surface area (Å²) in [6, 6.07) is 8.82. The lowest BCUT2D eigenvalue weighted by atomic mass is 10.1. The molecule has 0 spiro atoms. The monoisotopic (exact) mass is 363 g/mol. The summed E-state index contributed by atoms with van der Waals surface area (Å²) in [6.45, 7) is 1.82. The van der Waals surface area contributed by atoms with Crippen molar-refractivity contribution in [3.05, 3.63) is 41.6 Å². The van der Waals surface area contributed by atoms with Crippen molar-refractivity contribution >= 4 is 21.6 Å². The first-order valence-corrected chi connectivity index (χ1v) is 9.88. The minimum atomic E-state index is -3.02. The summed E-state index contributed by atoms with van der Waals surface area (Å²) in [5.74, 6) is 1.33. The van der Waals surface area contributed by atoms with E-state index in [1.807, 2.05) is 19.1 Å². The van der Waals surface area contributed by atoms with Gasteiger partial charge in [0, 0.05) is 6.07 Å². The number of aryl methyl sites for hydroxylation is 1. The number of hydrogen-bond donors (Lipinski definition) is 1. The van der Waals surface area contributed by atoms with E-state index in [1.165, 1.54) is 0 Å². The number of methoxy groups -OCH3 is 1. The molecule has 0 aliphatic carbocycles. The van der Waals surface area contributed by atoms with E-state index in [9.17, 15) is 13.2 Å². The van der Waals surface area contributed by atoms with Gasteiger partial charge in [-0.15, -0.1) is 0 Å². The second kappa shape index (κ2) is 6.87. The number of amides is 1. The molecule has 3 rings (SSSR count). The molecule has 1 atom stereocenters. The molecule has 1 aliphatic rings. The Morgan fingerprint density at radius 3 is 2.68 bits per heavy atom. The molecule has 134 valence electrons. The number of nitrogens with zero attached hydrogens (tertiary/aromatic N) is 2. The summed E-state index contributed by atoms with van der Waals surface area (Å²) < 4.78 is 30.2. The summed E-state index contributed by atoms with van der Waals surface area (Å²) in [7, 11) is -1.43. The van der Waals surface area contributed by atoms with Crippen molar-refractivity contribution in [2.75, 3.05) is 23.9 Å².